The van der Waals surface area contributed by atoms with Gasteiger partial charge >= 0.3 is 0 Å². The van der Waals surface area contributed by atoms with E-state index in [9.17, 15) is 9.59 Å². The molecule has 2 aromatic rings. The number of Topliss-reactive ketones (excluding diaryl/α,β-unsaturated/α-hetero) is 1. The standard InChI is InChI=1S/C18H17NO2/c1-13(20)19-17-10-6-5-9-15(17)11-16(21)12-18(19)14-7-3-2-4-8-14/h2-10,18H,11-12H2,1H3. The Labute approximate surface area is 124 Å². The van der Waals surface area contributed by atoms with Crippen LogP contribution in [0.2, 0.25) is 0 Å². The van der Waals surface area contributed by atoms with Gasteiger partial charge < -0.3 is 4.90 Å². The fourth-order valence-corrected chi connectivity index (χ4v) is 2.99. The highest BCUT2D eigenvalue weighted by Crippen LogP contribution is 2.36. The zero-order valence-electron chi connectivity index (χ0n) is 12.0. The zero-order chi connectivity index (χ0) is 14.8. The summed E-state index contributed by atoms with van der Waals surface area (Å²) in [6.45, 7) is 1.56. The van der Waals surface area contributed by atoms with E-state index >= 15 is 0 Å². The Hall–Kier alpha value is -2.42. The van der Waals surface area contributed by atoms with Crippen LogP contribution in [-0.4, -0.2) is 11.7 Å². The first-order valence-electron chi connectivity index (χ1n) is 7.11. The normalized spacial score (nSPS) is 18.0. The maximum absolute atomic E-state index is 12.3. The summed E-state index contributed by atoms with van der Waals surface area (Å²) in [7, 11) is 0. The van der Waals surface area contributed by atoms with Crippen LogP contribution < -0.4 is 4.90 Å². The summed E-state index contributed by atoms with van der Waals surface area (Å²) in [6.07, 6.45) is 0.752. The number of benzene rings is 2. The van der Waals surface area contributed by atoms with Gasteiger partial charge in [-0.3, -0.25) is 9.59 Å². The fourth-order valence-electron chi connectivity index (χ4n) is 2.99. The average Bonchev–Trinajstić information content (AvgIpc) is 2.63. The van der Waals surface area contributed by atoms with Crippen molar-refractivity contribution in [2.24, 2.45) is 0 Å². The monoisotopic (exact) mass is 279 g/mol. The largest absolute Gasteiger partial charge is 0.304 e. The first-order valence-corrected chi connectivity index (χ1v) is 7.11. The van der Waals surface area contributed by atoms with E-state index in [0.717, 1.165) is 16.8 Å². The first kappa shape index (κ1) is 13.6. The van der Waals surface area contributed by atoms with Crippen LogP contribution in [-0.2, 0) is 16.0 Å². The van der Waals surface area contributed by atoms with E-state index in [1.165, 1.54) is 0 Å². The molecule has 1 aliphatic rings. The van der Waals surface area contributed by atoms with Crippen LogP contribution in [0, 0.1) is 0 Å². The summed E-state index contributed by atoms with van der Waals surface area (Å²) in [6, 6.07) is 17.2. The Kier molecular flexibility index (Phi) is 3.57. The lowest BCUT2D eigenvalue weighted by atomic mass is 10.00. The van der Waals surface area contributed by atoms with Gasteiger partial charge in [0.2, 0.25) is 5.91 Å². The van der Waals surface area contributed by atoms with E-state index in [-0.39, 0.29) is 17.7 Å². The van der Waals surface area contributed by atoms with Gasteiger partial charge in [0.25, 0.3) is 0 Å². The number of rotatable bonds is 1. The molecular formula is C18H17NO2. The second kappa shape index (κ2) is 5.52. The van der Waals surface area contributed by atoms with E-state index in [1.54, 1.807) is 11.8 Å². The van der Waals surface area contributed by atoms with Crippen molar-refractivity contribution in [2.75, 3.05) is 4.90 Å². The van der Waals surface area contributed by atoms with Crippen LogP contribution in [0.25, 0.3) is 0 Å². The molecule has 2 aromatic carbocycles. The summed E-state index contributed by atoms with van der Waals surface area (Å²) in [5, 5.41) is 0. The highest BCUT2D eigenvalue weighted by Gasteiger charge is 2.31. The summed E-state index contributed by atoms with van der Waals surface area (Å²) in [4.78, 5) is 26.2. The second-order valence-electron chi connectivity index (χ2n) is 5.36. The summed E-state index contributed by atoms with van der Waals surface area (Å²) in [5.41, 5.74) is 2.78. The molecule has 1 atom stereocenters. The van der Waals surface area contributed by atoms with E-state index in [1.807, 2.05) is 54.6 Å². The molecule has 0 saturated heterocycles. The van der Waals surface area contributed by atoms with Gasteiger partial charge in [-0.1, -0.05) is 48.5 Å². The van der Waals surface area contributed by atoms with Gasteiger partial charge in [0, 0.05) is 25.5 Å². The fraction of sp³-hybridized carbons (Fsp3) is 0.222. The quantitative estimate of drug-likeness (QED) is 0.803. The number of ketones is 1. The third kappa shape index (κ3) is 2.59. The van der Waals surface area contributed by atoms with Crippen molar-refractivity contribution in [2.45, 2.75) is 25.8 Å². The van der Waals surface area contributed by atoms with Crippen LogP contribution in [0.1, 0.15) is 30.5 Å². The van der Waals surface area contributed by atoms with E-state index in [2.05, 4.69) is 0 Å². The van der Waals surface area contributed by atoms with Crippen LogP contribution in [0.4, 0.5) is 5.69 Å². The molecule has 0 radical (unpaired) electrons. The van der Waals surface area contributed by atoms with Crippen molar-refractivity contribution >= 4 is 17.4 Å². The van der Waals surface area contributed by atoms with Crippen molar-refractivity contribution < 1.29 is 9.59 Å². The van der Waals surface area contributed by atoms with E-state index in [4.69, 9.17) is 0 Å². The molecule has 0 aromatic heterocycles. The second-order valence-corrected chi connectivity index (χ2v) is 5.36. The van der Waals surface area contributed by atoms with Crippen molar-refractivity contribution in [1.82, 2.24) is 0 Å². The molecule has 3 nitrogen and oxygen atoms in total. The van der Waals surface area contributed by atoms with Gasteiger partial charge in [-0.25, -0.2) is 0 Å². The van der Waals surface area contributed by atoms with Crippen molar-refractivity contribution in [3.8, 4) is 0 Å². The maximum Gasteiger partial charge on any atom is 0.224 e. The average molecular weight is 279 g/mol. The van der Waals surface area contributed by atoms with Crippen LogP contribution in [0.5, 0.6) is 0 Å². The SMILES string of the molecule is CC(=O)N1c2ccccc2CC(=O)CC1c1ccccc1. The molecule has 0 N–H and O–H groups in total. The smallest absolute Gasteiger partial charge is 0.224 e. The zero-order valence-corrected chi connectivity index (χ0v) is 12.0. The summed E-state index contributed by atoms with van der Waals surface area (Å²) < 4.78 is 0. The molecule has 0 aliphatic carbocycles. The van der Waals surface area contributed by atoms with Crippen LogP contribution in [0.15, 0.2) is 54.6 Å². The number of para-hydroxylation sites is 1. The van der Waals surface area contributed by atoms with E-state index < -0.39 is 0 Å². The Morgan fingerprint density at radius 1 is 1.05 bits per heavy atom. The molecule has 0 fully saturated rings. The molecular weight excluding hydrogens is 262 g/mol. The molecule has 1 unspecified atom stereocenters. The third-order valence-electron chi connectivity index (χ3n) is 3.90. The third-order valence-corrected chi connectivity index (χ3v) is 3.90. The van der Waals surface area contributed by atoms with Crippen molar-refractivity contribution in [1.29, 1.82) is 0 Å². The lowest BCUT2D eigenvalue weighted by Gasteiger charge is -2.30. The first-order chi connectivity index (χ1) is 10.2. The molecule has 1 heterocycles. The summed E-state index contributed by atoms with van der Waals surface area (Å²) in [5.74, 6) is 0.131. The number of fused-ring (bicyclic) bond motifs is 1. The Morgan fingerprint density at radius 2 is 1.71 bits per heavy atom. The number of anilines is 1. The topological polar surface area (TPSA) is 37.4 Å². The Balaban J connectivity index is 2.15. The molecule has 21 heavy (non-hydrogen) atoms. The number of nitrogens with zero attached hydrogens (tertiary/aromatic N) is 1. The highest BCUT2D eigenvalue weighted by molar-refractivity contribution is 5.97. The highest BCUT2D eigenvalue weighted by atomic mass is 16.2. The number of carbonyl (C=O) groups excluding carboxylic acids is 2. The molecule has 3 heteroatoms. The lowest BCUT2D eigenvalue weighted by Crippen LogP contribution is -2.33. The predicted octanol–water partition coefficient (Wildman–Crippen LogP) is 3.30. The molecule has 0 spiro atoms. The molecule has 106 valence electrons. The van der Waals surface area contributed by atoms with E-state index in [0.29, 0.717) is 12.8 Å². The molecule has 1 amide bonds. The molecule has 3 rings (SSSR count). The predicted molar refractivity (Wildman–Crippen MR) is 82.1 cm³/mol. The summed E-state index contributed by atoms with van der Waals surface area (Å²) >= 11 is 0. The van der Waals surface area contributed by atoms with Crippen molar-refractivity contribution in [3.63, 3.8) is 0 Å². The number of hydrogen-bond donors (Lipinski definition) is 0. The molecule has 1 aliphatic heterocycles. The number of hydrogen-bond acceptors (Lipinski definition) is 2. The van der Waals surface area contributed by atoms with Gasteiger partial charge in [0.05, 0.1) is 6.04 Å². The Morgan fingerprint density at radius 3 is 2.43 bits per heavy atom. The van der Waals surface area contributed by atoms with Gasteiger partial charge in [-0.15, -0.1) is 0 Å². The lowest BCUT2D eigenvalue weighted by molar-refractivity contribution is -0.119. The van der Waals surface area contributed by atoms with Gasteiger partial charge in [-0.05, 0) is 17.2 Å². The van der Waals surface area contributed by atoms with Gasteiger partial charge in [-0.2, -0.15) is 0 Å². The van der Waals surface area contributed by atoms with Crippen LogP contribution >= 0.6 is 0 Å². The number of carbonyl (C=O) groups is 2. The van der Waals surface area contributed by atoms with Crippen LogP contribution in [0.3, 0.4) is 0 Å². The molecule has 0 saturated carbocycles. The van der Waals surface area contributed by atoms with Gasteiger partial charge in [0.1, 0.15) is 5.78 Å². The minimum absolute atomic E-state index is 0.0361. The minimum atomic E-state index is -0.222. The van der Waals surface area contributed by atoms with Crippen molar-refractivity contribution in [3.05, 3.63) is 65.7 Å². The van der Waals surface area contributed by atoms with Gasteiger partial charge in [0.15, 0.2) is 0 Å². The minimum Gasteiger partial charge on any atom is -0.304 e. The molecule has 0 bridgehead atoms. The Bertz CT molecular complexity index is 679. The maximum atomic E-state index is 12.3. The number of amides is 1.